The summed E-state index contributed by atoms with van der Waals surface area (Å²) in [6.45, 7) is 4.08. The van der Waals surface area contributed by atoms with Crippen molar-refractivity contribution in [1.82, 2.24) is 25.1 Å². The molecule has 5 nitrogen and oxygen atoms in total. The van der Waals surface area contributed by atoms with Gasteiger partial charge in [0.2, 0.25) is 0 Å². The first-order valence-corrected chi connectivity index (χ1v) is 9.29. The Morgan fingerprint density at radius 2 is 2.18 bits per heavy atom. The zero-order valence-corrected chi connectivity index (χ0v) is 14.0. The highest BCUT2D eigenvalue weighted by atomic mass is 32.1. The van der Waals surface area contributed by atoms with Gasteiger partial charge in [-0.3, -0.25) is 0 Å². The summed E-state index contributed by atoms with van der Waals surface area (Å²) >= 11 is 1.89. The Morgan fingerprint density at radius 3 is 3.09 bits per heavy atom. The molecule has 0 spiro atoms. The van der Waals surface area contributed by atoms with Crippen LogP contribution in [0.1, 0.15) is 65.9 Å². The number of hydrogen-bond acceptors (Lipinski definition) is 5. The molecule has 0 aromatic carbocycles. The van der Waals surface area contributed by atoms with E-state index >= 15 is 0 Å². The molecule has 0 radical (unpaired) electrons. The number of nitrogens with one attached hydrogen (secondary N) is 1. The molecule has 0 amide bonds. The number of nitrogens with zero attached hydrogens (tertiary/aromatic N) is 4. The van der Waals surface area contributed by atoms with E-state index in [4.69, 9.17) is 4.98 Å². The first kappa shape index (κ1) is 14.3. The lowest BCUT2D eigenvalue weighted by Gasteiger charge is -2.23. The summed E-state index contributed by atoms with van der Waals surface area (Å²) in [5, 5.41) is 13.7. The van der Waals surface area contributed by atoms with Crippen LogP contribution in [0.3, 0.4) is 0 Å². The van der Waals surface area contributed by atoms with Crippen molar-refractivity contribution < 1.29 is 0 Å². The van der Waals surface area contributed by atoms with Gasteiger partial charge in [0.25, 0.3) is 0 Å². The van der Waals surface area contributed by atoms with Crippen molar-refractivity contribution in [3.63, 3.8) is 0 Å². The zero-order chi connectivity index (χ0) is 14.9. The first-order chi connectivity index (χ1) is 10.8. The van der Waals surface area contributed by atoms with Gasteiger partial charge in [-0.15, -0.1) is 21.5 Å². The molecular formula is C16H23N5S. The topological polar surface area (TPSA) is 55.6 Å². The number of rotatable bonds is 4. The number of aryl methyl sites for hydroxylation is 3. The van der Waals surface area contributed by atoms with E-state index in [2.05, 4.69) is 27.0 Å². The fraction of sp³-hybridized carbons (Fsp3) is 0.688. The lowest BCUT2D eigenvalue weighted by molar-refractivity contribution is 0.439. The van der Waals surface area contributed by atoms with E-state index in [1.807, 2.05) is 11.3 Å². The number of hydrogen-bond donors (Lipinski definition) is 1. The summed E-state index contributed by atoms with van der Waals surface area (Å²) < 4.78 is 2.31. The average Bonchev–Trinajstić information content (AvgIpc) is 3.16. The van der Waals surface area contributed by atoms with Crippen molar-refractivity contribution in [1.29, 1.82) is 0 Å². The Hall–Kier alpha value is -1.27. The minimum Gasteiger partial charge on any atom is -0.314 e. The third-order valence-electron chi connectivity index (χ3n) is 4.74. The van der Waals surface area contributed by atoms with E-state index < -0.39 is 0 Å². The predicted molar refractivity (Wildman–Crippen MR) is 87.0 cm³/mol. The van der Waals surface area contributed by atoms with Crippen molar-refractivity contribution in [2.24, 2.45) is 0 Å². The van der Waals surface area contributed by atoms with Gasteiger partial charge in [0.1, 0.15) is 11.6 Å². The normalized spacial score (nSPS) is 20.7. The Bertz CT molecular complexity index is 660. The third-order valence-corrected chi connectivity index (χ3v) is 6.10. The monoisotopic (exact) mass is 317 g/mol. The fourth-order valence-corrected chi connectivity index (χ4v) is 4.69. The largest absolute Gasteiger partial charge is 0.314 e. The maximum atomic E-state index is 4.78. The first-order valence-electron chi connectivity index (χ1n) is 8.48. The molecule has 1 atom stereocenters. The molecule has 1 aliphatic heterocycles. The molecule has 1 aliphatic carbocycles. The zero-order valence-electron chi connectivity index (χ0n) is 13.1. The summed E-state index contributed by atoms with van der Waals surface area (Å²) in [6.07, 6.45) is 8.20. The van der Waals surface area contributed by atoms with Crippen LogP contribution in [0, 0.1) is 0 Å². The maximum absolute atomic E-state index is 4.78. The van der Waals surface area contributed by atoms with Gasteiger partial charge in [0.15, 0.2) is 0 Å². The van der Waals surface area contributed by atoms with Crippen molar-refractivity contribution in [3.05, 3.63) is 27.2 Å². The maximum Gasteiger partial charge on any atom is 0.147 e. The molecule has 4 rings (SSSR count). The van der Waals surface area contributed by atoms with Gasteiger partial charge in [0, 0.05) is 23.9 Å². The summed E-state index contributed by atoms with van der Waals surface area (Å²) in [7, 11) is 0. The molecule has 0 saturated carbocycles. The van der Waals surface area contributed by atoms with Crippen LogP contribution in [-0.4, -0.2) is 19.7 Å². The van der Waals surface area contributed by atoms with Crippen LogP contribution in [-0.2, 0) is 32.4 Å². The highest BCUT2D eigenvalue weighted by Gasteiger charge is 2.25. The third kappa shape index (κ3) is 2.58. The molecular weight excluding hydrogens is 294 g/mol. The van der Waals surface area contributed by atoms with E-state index in [9.17, 15) is 0 Å². The minimum atomic E-state index is 0.443. The van der Waals surface area contributed by atoms with Crippen molar-refractivity contribution in [3.8, 4) is 0 Å². The van der Waals surface area contributed by atoms with Crippen LogP contribution < -0.4 is 5.32 Å². The number of fused-ring (bicyclic) bond motifs is 2. The molecule has 0 saturated heterocycles. The van der Waals surface area contributed by atoms with E-state index in [0.717, 1.165) is 38.2 Å². The molecule has 0 unspecified atom stereocenters. The lowest BCUT2D eigenvalue weighted by Crippen LogP contribution is -2.26. The molecule has 6 heteroatoms. The predicted octanol–water partition coefficient (Wildman–Crippen LogP) is 2.80. The Balaban J connectivity index is 1.48. The number of thiazole rings is 1. The van der Waals surface area contributed by atoms with Crippen molar-refractivity contribution in [2.45, 2.75) is 71.0 Å². The summed E-state index contributed by atoms with van der Waals surface area (Å²) in [5.41, 5.74) is 1.33. The molecule has 1 N–H and O–H groups in total. The minimum absolute atomic E-state index is 0.443. The SMILES string of the molecule is CCc1nc2c(s1)[C@H](NCc1nnc3n1CCCC3)CCC2. The van der Waals surface area contributed by atoms with Gasteiger partial charge < -0.3 is 9.88 Å². The average molecular weight is 317 g/mol. The summed E-state index contributed by atoms with van der Waals surface area (Å²) in [4.78, 5) is 6.24. The summed E-state index contributed by atoms with van der Waals surface area (Å²) in [6, 6.07) is 0.443. The highest BCUT2D eigenvalue weighted by Crippen LogP contribution is 2.34. The Kier molecular flexibility index (Phi) is 3.96. The smallest absolute Gasteiger partial charge is 0.147 e. The highest BCUT2D eigenvalue weighted by molar-refractivity contribution is 7.11. The molecule has 2 aromatic rings. The Morgan fingerprint density at radius 1 is 1.23 bits per heavy atom. The van der Waals surface area contributed by atoms with Gasteiger partial charge in [0.05, 0.1) is 17.2 Å². The molecule has 0 fully saturated rings. The van der Waals surface area contributed by atoms with E-state index in [1.54, 1.807) is 0 Å². The second kappa shape index (κ2) is 6.08. The molecule has 2 aromatic heterocycles. The lowest BCUT2D eigenvalue weighted by atomic mass is 9.98. The second-order valence-corrected chi connectivity index (χ2v) is 7.35. The van der Waals surface area contributed by atoms with Gasteiger partial charge in [-0.1, -0.05) is 6.92 Å². The molecule has 118 valence electrons. The van der Waals surface area contributed by atoms with Crippen LogP contribution in [0.25, 0.3) is 0 Å². The van der Waals surface area contributed by atoms with E-state index in [-0.39, 0.29) is 0 Å². The standard InChI is InChI=1S/C16H23N5S/c1-2-15-18-12-7-5-6-11(16(12)22-15)17-10-14-20-19-13-8-3-4-9-21(13)14/h11,17H,2-10H2,1H3/t11-/m1/s1. The van der Waals surface area contributed by atoms with Gasteiger partial charge >= 0.3 is 0 Å². The molecule has 0 bridgehead atoms. The van der Waals surface area contributed by atoms with Crippen LogP contribution in [0.15, 0.2) is 0 Å². The van der Waals surface area contributed by atoms with Crippen molar-refractivity contribution in [2.75, 3.05) is 0 Å². The fourth-order valence-electron chi connectivity index (χ4n) is 3.53. The molecule has 2 aliphatic rings. The van der Waals surface area contributed by atoms with E-state index in [0.29, 0.717) is 6.04 Å². The quantitative estimate of drug-likeness (QED) is 0.942. The van der Waals surface area contributed by atoms with Gasteiger partial charge in [-0.2, -0.15) is 0 Å². The van der Waals surface area contributed by atoms with Crippen LogP contribution in [0.5, 0.6) is 0 Å². The second-order valence-electron chi connectivity index (χ2n) is 6.24. The molecule has 3 heterocycles. The molecule has 22 heavy (non-hydrogen) atoms. The van der Waals surface area contributed by atoms with E-state index in [1.165, 1.54) is 47.1 Å². The van der Waals surface area contributed by atoms with Gasteiger partial charge in [-0.25, -0.2) is 4.98 Å². The van der Waals surface area contributed by atoms with Crippen LogP contribution >= 0.6 is 11.3 Å². The van der Waals surface area contributed by atoms with Gasteiger partial charge in [-0.05, 0) is 38.5 Å². The van der Waals surface area contributed by atoms with Crippen LogP contribution in [0.2, 0.25) is 0 Å². The number of aromatic nitrogens is 4. The van der Waals surface area contributed by atoms with Crippen molar-refractivity contribution >= 4 is 11.3 Å². The van der Waals surface area contributed by atoms with Crippen LogP contribution in [0.4, 0.5) is 0 Å². The Labute approximate surface area is 135 Å². The summed E-state index contributed by atoms with van der Waals surface area (Å²) in [5.74, 6) is 2.26.